The van der Waals surface area contributed by atoms with Gasteiger partial charge >= 0.3 is 0 Å². The first-order valence-electron chi connectivity index (χ1n) is 10.7. The van der Waals surface area contributed by atoms with E-state index < -0.39 is 0 Å². The third-order valence-corrected chi connectivity index (χ3v) is 6.79. The van der Waals surface area contributed by atoms with Crippen molar-refractivity contribution in [2.75, 3.05) is 26.2 Å². The molecule has 0 radical (unpaired) electrons. The maximum absolute atomic E-state index is 13.1. The van der Waals surface area contributed by atoms with Crippen LogP contribution in [0.4, 0.5) is 0 Å². The Kier molecular flexibility index (Phi) is 5.68. The van der Waals surface area contributed by atoms with Crippen molar-refractivity contribution in [2.24, 2.45) is 0 Å². The molecule has 1 saturated heterocycles. The van der Waals surface area contributed by atoms with Crippen LogP contribution >= 0.6 is 11.3 Å². The first-order chi connectivity index (χ1) is 15.2. The topological polar surface area (TPSA) is 41.4 Å². The Morgan fingerprint density at radius 1 is 0.903 bits per heavy atom. The van der Waals surface area contributed by atoms with E-state index in [1.165, 1.54) is 11.1 Å². The van der Waals surface area contributed by atoms with Gasteiger partial charge in [0.2, 0.25) is 0 Å². The second kappa shape index (κ2) is 8.75. The van der Waals surface area contributed by atoms with E-state index in [-0.39, 0.29) is 5.56 Å². The number of piperazine rings is 1. The summed E-state index contributed by atoms with van der Waals surface area (Å²) in [7, 11) is 0. The Morgan fingerprint density at radius 3 is 2.42 bits per heavy atom. The normalized spacial score (nSPS) is 15.5. The van der Waals surface area contributed by atoms with Gasteiger partial charge in [-0.3, -0.25) is 14.6 Å². The van der Waals surface area contributed by atoms with Crippen molar-refractivity contribution >= 4 is 22.1 Å². The van der Waals surface area contributed by atoms with Crippen LogP contribution in [0.5, 0.6) is 0 Å². The van der Waals surface area contributed by atoms with E-state index in [0.29, 0.717) is 6.67 Å². The number of benzene rings is 2. The summed E-state index contributed by atoms with van der Waals surface area (Å²) in [5.41, 5.74) is 3.54. The van der Waals surface area contributed by atoms with Crippen molar-refractivity contribution in [1.29, 1.82) is 0 Å². The smallest absolute Gasteiger partial charge is 0.275 e. The fraction of sp³-hybridized carbons (Fsp3) is 0.280. The average molecular weight is 431 g/mol. The average Bonchev–Trinajstić information content (AvgIpc) is 3.32. The van der Waals surface area contributed by atoms with E-state index in [2.05, 4.69) is 52.4 Å². The summed E-state index contributed by atoms with van der Waals surface area (Å²) in [6, 6.07) is 20.6. The lowest BCUT2D eigenvalue weighted by Crippen LogP contribution is -2.47. The maximum atomic E-state index is 13.1. The third kappa shape index (κ3) is 4.32. The van der Waals surface area contributed by atoms with Gasteiger partial charge in [-0.2, -0.15) is 5.10 Å². The van der Waals surface area contributed by atoms with Crippen molar-refractivity contribution in [1.82, 2.24) is 19.6 Å². The molecule has 3 heterocycles. The number of rotatable bonds is 5. The van der Waals surface area contributed by atoms with Crippen LogP contribution in [0.15, 0.2) is 70.8 Å². The van der Waals surface area contributed by atoms with Crippen molar-refractivity contribution in [3.8, 4) is 10.6 Å². The minimum atomic E-state index is -0.0157. The summed E-state index contributed by atoms with van der Waals surface area (Å²) in [5.74, 6) is 0. The van der Waals surface area contributed by atoms with Crippen LogP contribution in [0.2, 0.25) is 0 Å². The van der Waals surface area contributed by atoms with Gasteiger partial charge in [-0.1, -0.05) is 54.1 Å². The van der Waals surface area contributed by atoms with Crippen LogP contribution in [0.3, 0.4) is 0 Å². The highest BCUT2D eigenvalue weighted by molar-refractivity contribution is 7.13. The Morgan fingerprint density at radius 2 is 1.68 bits per heavy atom. The van der Waals surface area contributed by atoms with Crippen LogP contribution in [0.25, 0.3) is 21.3 Å². The summed E-state index contributed by atoms with van der Waals surface area (Å²) >= 11 is 1.66. The zero-order valence-corrected chi connectivity index (χ0v) is 18.5. The second-order valence-electron chi connectivity index (χ2n) is 8.20. The van der Waals surface area contributed by atoms with E-state index in [9.17, 15) is 4.79 Å². The predicted molar refractivity (Wildman–Crippen MR) is 127 cm³/mol. The van der Waals surface area contributed by atoms with E-state index in [0.717, 1.165) is 54.1 Å². The van der Waals surface area contributed by atoms with Gasteiger partial charge in [0.05, 0.1) is 16.9 Å². The Balaban J connectivity index is 1.33. The Hall–Kier alpha value is -2.80. The molecule has 6 heteroatoms. The van der Waals surface area contributed by atoms with Crippen LogP contribution in [-0.2, 0) is 13.2 Å². The summed E-state index contributed by atoms with van der Waals surface area (Å²) < 4.78 is 1.65. The van der Waals surface area contributed by atoms with Crippen molar-refractivity contribution in [3.05, 3.63) is 87.5 Å². The first kappa shape index (κ1) is 20.1. The monoisotopic (exact) mass is 430 g/mol. The molecule has 5 nitrogen and oxygen atoms in total. The summed E-state index contributed by atoms with van der Waals surface area (Å²) in [4.78, 5) is 19.0. The molecule has 5 rings (SSSR count). The summed E-state index contributed by atoms with van der Waals surface area (Å²) in [5, 5.41) is 8.50. The van der Waals surface area contributed by atoms with Crippen molar-refractivity contribution in [2.45, 2.75) is 20.1 Å². The molecular formula is C25H26N4OS. The van der Waals surface area contributed by atoms with Crippen molar-refractivity contribution in [3.63, 3.8) is 0 Å². The minimum Gasteiger partial charge on any atom is -0.297 e. The number of aromatic nitrogens is 2. The lowest BCUT2D eigenvalue weighted by atomic mass is 10.1. The number of aryl methyl sites for hydroxylation is 1. The molecule has 2 aromatic carbocycles. The fourth-order valence-corrected chi connectivity index (χ4v) is 5.00. The van der Waals surface area contributed by atoms with Gasteiger partial charge < -0.3 is 0 Å². The predicted octanol–water partition coefficient (Wildman–Crippen LogP) is 4.21. The van der Waals surface area contributed by atoms with Gasteiger partial charge in [0.1, 0.15) is 5.69 Å². The maximum Gasteiger partial charge on any atom is 0.275 e. The fourth-order valence-electron chi connectivity index (χ4n) is 4.27. The number of fused-ring (bicyclic) bond motifs is 1. The molecule has 0 aliphatic carbocycles. The van der Waals surface area contributed by atoms with Crippen LogP contribution in [-0.4, -0.2) is 45.8 Å². The van der Waals surface area contributed by atoms with Crippen LogP contribution < -0.4 is 5.56 Å². The molecule has 0 N–H and O–H groups in total. The molecule has 2 aromatic heterocycles. The minimum absolute atomic E-state index is 0.0157. The van der Waals surface area contributed by atoms with Gasteiger partial charge in [0, 0.05) is 38.1 Å². The summed E-state index contributed by atoms with van der Waals surface area (Å²) in [6.07, 6.45) is 0. The third-order valence-electron chi connectivity index (χ3n) is 5.91. The zero-order chi connectivity index (χ0) is 21.2. The molecule has 1 aliphatic heterocycles. The van der Waals surface area contributed by atoms with Gasteiger partial charge in [0.25, 0.3) is 5.56 Å². The number of hydrogen-bond donors (Lipinski definition) is 0. The molecule has 31 heavy (non-hydrogen) atoms. The van der Waals surface area contributed by atoms with Gasteiger partial charge in [-0.15, -0.1) is 11.3 Å². The lowest BCUT2D eigenvalue weighted by molar-refractivity contribution is 0.0973. The van der Waals surface area contributed by atoms with E-state index in [1.807, 2.05) is 30.3 Å². The highest BCUT2D eigenvalue weighted by atomic mass is 32.1. The Labute approximate surface area is 186 Å². The molecule has 1 fully saturated rings. The van der Waals surface area contributed by atoms with Crippen LogP contribution in [0, 0.1) is 6.92 Å². The molecule has 0 amide bonds. The molecule has 158 valence electrons. The zero-order valence-electron chi connectivity index (χ0n) is 17.7. The quantitative estimate of drug-likeness (QED) is 0.476. The van der Waals surface area contributed by atoms with Crippen molar-refractivity contribution < 1.29 is 0 Å². The number of hydrogen-bond acceptors (Lipinski definition) is 5. The molecule has 0 spiro atoms. The molecule has 0 bridgehead atoms. The summed E-state index contributed by atoms with van der Waals surface area (Å²) in [6.45, 7) is 7.50. The largest absolute Gasteiger partial charge is 0.297 e. The number of nitrogens with zero attached hydrogens (tertiary/aromatic N) is 4. The highest BCUT2D eigenvalue weighted by Gasteiger charge is 2.19. The molecular weight excluding hydrogens is 404 g/mol. The van der Waals surface area contributed by atoms with E-state index >= 15 is 0 Å². The SMILES string of the molecule is Cc1cccc(CN2CCN(Cn3nc(-c4cccs4)c4ccccc4c3=O)CC2)c1. The Bertz CT molecular complexity index is 1240. The van der Waals surface area contributed by atoms with E-state index in [1.54, 1.807) is 16.0 Å². The molecule has 1 aliphatic rings. The first-order valence-corrected chi connectivity index (χ1v) is 11.6. The van der Waals surface area contributed by atoms with Gasteiger partial charge in [0.15, 0.2) is 0 Å². The van der Waals surface area contributed by atoms with E-state index in [4.69, 9.17) is 5.10 Å². The molecule has 0 unspecified atom stereocenters. The highest BCUT2D eigenvalue weighted by Crippen LogP contribution is 2.28. The standard InChI is InChI=1S/C25H26N4OS/c1-19-6-4-7-20(16-19)17-27-11-13-28(14-12-27)18-29-25(30)22-9-3-2-8-21(22)24(26-29)23-10-5-15-31-23/h2-10,15-16H,11-14,17-18H2,1H3. The second-order valence-corrected chi connectivity index (χ2v) is 9.15. The van der Waals surface area contributed by atoms with Gasteiger partial charge in [-0.25, -0.2) is 4.68 Å². The van der Waals surface area contributed by atoms with Crippen LogP contribution in [0.1, 0.15) is 11.1 Å². The van der Waals surface area contributed by atoms with Gasteiger partial charge in [-0.05, 0) is 30.0 Å². The lowest BCUT2D eigenvalue weighted by Gasteiger charge is -2.34. The number of thiophene rings is 1. The molecule has 4 aromatic rings. The molecule has 0 saturated carbocycles. The molecule has 0 atom stereocenters.